The molecule has 1 aromatic carbocycles. The predicted octanol–water partition coefficient (Wildman–Crippen LogP) is 0.521. The second-order valence-corrected chi connectivity index (χ2v) is 5.78. The topological polar surface area (TPSA) is 230 Å². The van der Waals surface area contributed by atoms with E-state index in [1.54, 1.807) is 0 Å². The molecule has 12 nitrogen and oxygen atoms in total. The van der Waals surface area contributed by atoms with E-state index in [0.29, 0.717) is 0 Å². The Balaban J connectivity index is -0.000000370. The Morgan fingerprint density at radius 2 is 0.719 bits per heavy atom. The van der Waals surface area contributed by atoms with Crippen LogP contribution in [0.4, 0.5) is 0 Å². The summed E-state index contributed by atoms with van der Waals surface area (Å²) in [5, 5.41) is 65.1. The van der Waals surface area contributed by atoms with Crippen molar-refractivity contribution in [2.75, 3.05) is 26.4 Å². The molecule has 0 atom stereocenters. The quantitative estimate of drug-likeness (QED) is 0.209. The van der Waals surface area contributed by atoms with Crippen molar-refractivity contribution in [1.29, 1.82) is 0 Å². The van der Waals surface area contributed by atoms with E-state index in [1.165, 1.54) is 24.3 Å². The number of aromatic carboxylic acids is 2. The third-order valence-corrected chi connectivity index (χ3v) is 3.06. The van der Waals surface area contributed by atoms with E-state index in [4.69, 9.17) is 40.9 Å². The minimum Gasteiger partial charge on any atom is -0.481 e. The van der Waals surface area contributed by atoms with Crippen molar-refractivity contribution in [3.63, 3.8) is 0 Å². The normalized spacial score (nSPS) is 9.00. The van der Waals surface area contributed by atoms with Crippen LogP contribution in [0.2, 0.25) is 0 Å². The average Bonchev–Trinajstić information content (AvgIpc) is 2.76. The fourth-order valence-corrected chi connectivity index (χ4v) is 1.42. The molecule has 0 aromatic heterocycles. The highest BCUT2D eigenvalue weighted by Crippen LogP contribution is 2.03. The van der Waals surface area contributed by atoms with Gasteiger partial charge in [-0.25, -0.2) is 9.59 Å². The number of hydrogen-bond acceptors (Lipinski definition) is 8. The number of aliphatic hydroxyl groups is 4. The van der Waals surface area contributed by atoms with Crippen molar-refractivity contribution >= 4 is 23.9 Å². The summed E-state index contributed by atoms with van der Waals surface area (Å²) in [5.74, 6) is -4.28. The summed E-state index contributed by atoms with van der Waals surface area (Å²) in [6, 6.07) is 5.02. The van der Waals surface area contributed by atoms with Crippen molar-refractivity contribution in [1.82, 2.24) is 0 Å². The van der Waals surface area contributed by atoms with Crippen molar-refractivity contribution in [2.45, 2.75) is 38.5 Å². The number of aliphatic hydroxyl groups excluding tert-OH is 4. The van der Waals surface area contributed by atoms with E-state index in [0.717, 1.165) is 25.7 Å². The van der Waals surface area contributed by atoms with E-state index in [2.05, 4.69) is 0 Å². The molecule has 0 unspecified atom stereocenters. The van der Waals surface area contributed by atoms with Gasteiger partial charge in [-0.1, -0.05) is 0 Å². The van der Waals surface area contributed by atoms with E-state index >= 15 is 0 Å². The lowest BCUT2D eigenvalue weighted by molar-refractivity contribution is -0.143. The fraction of sp³-hybridized carbons (Fsp3) is 0.500. The first kappa shape index (κ1) is 33.6. The summed E-state index contributed by atoms with van der Waals surface area (Å²) >= 11 is 0. The molecule has 1 aromatic rings. The smallest absolute Gasteiger partial charge is 0.335 e. The number of aliphatic carboxylic acids is 2. The largest absolute Gasteiger partial charge is 0.481 e. The third kappa shape index (κ3) is 26.9. The van der Waals surface area contributed by atoms with Crippen LogP contribution in [0.25, 0.3) is 0 Å². The Morgan fingerprint density at radius 3 is 0.844 bits per heavy atom. The minimum atomic E-state index is -1.08. The molecule has 0 spiro atoms. The van der Waals surface area contributed by atoms with Gasteiger partial charge in [-0.2, -0.15) is 0 Å². The predicted molar refractivity (Wildman–Crippen MR) is 112 cm³/mol. The highest BCUT2D eigenvalue weighted by Gasteiger charge is 2.04. The summed E-state index contributed by atoms with van der Waals surface area (Å²) < 4.78 is 0. The third-order valence-electron chi connectivity index (χ3n) is 3.06. The first-order valence-electron chi connectivity index (χ1n) is 9.50. The molecular weight excluding hydrogens is 432 g/mol. The first-order valence-corrected chi connectivity index (χ1v) is 9.50. The molecule has 0 saturated heterocycles. The van der Waals surface area contributed by atoms with Crippen molar-refractivity contribution in [3.05, 3.63) is 35.4 Å². The van der Waals surface area contributed by atoms with Crippen LogP contribution in [0.3, 0.4) is 0 Å². The number of hydrogen-bond donors (Lipinski definition) is 8. The minimum absolute atomic E-state index is 0.0833. The number of unbranched alkanes of at least 4 members (excludes halogenated alkanes) is 2. The van der Waals surface area contributed by atoms with Crippen molar-refractivity contribution < 1.29 is 60.0 Å². The molecule has 1 rings (SSSR count). The first-order chi connectivity index (χ1) is 15.1. The molecule has 12 heteroatoms. The summed E-state index contributed by atoms with van der Waals surface area (Å²) in [7, 11) is 0. The highest BCUT2D eigenvalue weighted by atomic mass is 16.4. The van der Waals surface area contributed by atoms with Crippen LogP contribution < -0.4 is 0 Å². The van der Waals surface area contributed by atoms with E-state index in [-0.39, 0.29) is 50.4 Å². The molecule has 0 aliphatic rings. The maximum Gasteiger partial charge on any atom is 0.335 e. The maximum absolute atomic E-state index is 10.3. The summed E-state index contributed by atoms with van der Waals surface area (Å²) in [5.41, 5.74) is 0.167. The summed E-state index contributed by atoms with van der Waals surface area (Å²) in [6.45, 7) is 0.780. The molecule has 0 aliphatic carbocycles. The zero-order valence-corrected chi connectivity index (χ0v) is 17.6. The van der Waals surface area contributed by atoms with Gasteiger partial charge in [0.25, 0.3) is 0 Å². The van der Waals surface area contributed by atoms with Crippen LogP contribution in [0, 0.1) is 0 Å². The second kappa shape index (κ2) is 24.2. The molecule has 0 heterocycles. The van der Waals surface area contributed by atoms with Gasteiger partial charge in [-0.3, -0.25) is 9.59 Å². The molecule has 0 radical (unpaired) electrons. The van der Waals surface area contributed by atoms with Gasteiger partial charge in [0.1, 0.15) is 0 Å². The van der Waals surface area contributed by atoms with Crippen molar-refractivity contribution in [2.24, 2.45) is 0 Å². The average molecular weight is 464 g/mol. The lowest BCUT2D eigenvalue weighted by Gasteiger charge is -1.94. The van der Waals surface area contributed by atoms with Gasteiger partial charge in [0.05, 0.1) is 24.0 Å². The summed E-state index contributed by atoms with van der Waals surface area (Å²) in [6.07, 6.45) is 2.28. The Labute approximate surface area is 185 Å². The Kier molecular flexibility index (Phi) is 25.4. The summed E-state index contributed by atoms with van der Waals surface area (Å²) in [4.78, 5) is 40.0. The molecule has 8 N–H and O–H groups in total. The zero-order valence-electron chi connectivity index (χ0n) is 17.6. The molecule has 32 heavy (non-hydrogen) atoms. The van der Waals surface area contributed by atoms with Gasteiger partial charge in [0, 0.05) is 26.4 Å². The molecule has 0 fully saturated rings. The second-order valence-electron chi connectivity index (χ2n) is 5.78. The SMILES string of the molecule is O=C(O)CCC(=O)O.O=C(O)c1ccc(C(=O)O)cc1.OCCCCO.OCCCCO. The van der Waals surface area contributed by atoms with E-state index in [9.17, 15) is 19.2 Å². The van der Waals surface area contributed by atoms with Gasteiger partial charge in [-0.05, 0) is 49.9 Å². The van der Waals surface area contributed by atoms with Crippen LogP contribution in [-0.4, -0.2) is 91.2 Å². The zero-order chi connectivity index (χ0) is 25.4. The Bertz CT molecular complexity index is 565. The van der Waals surface area contributed by atoms with Crippen LogP contribution in [0.15, 0.2) is 24.3 Å². The Morgan fingerprint density at radius 1 is 0.500 bits per heavy atom. The number of benzene rings is 1. The molecular formula is C20H32O12. The fourth-order valence-electron chi connectivity index (χ4n) is 1.42. The molecule has 184 valence electrons. The standard InChI is InChI=1S/C8H6O4.C4H6O4.2C4H10O2/c9-7(10)5-1-2-6(4-3-5)8(11)12;5-3(6)1-2-4(7)8;2*5-3-1-2-4-6/h1-4H,(H,9,10)(H,11,12);1-2H2,(H,5,6)(H,7,8);2*5-6H,1-4H2. The molecule has 0 amide bonds. The number of rotatable bonds is 11. The van der Waals surface area contributed by atoms with Crippen LogP contribution in [-0.2, 0) is 9.59 Å². The van der Waals surface area contributed by atoms with Gasteiger partial charge in [-0.15, -0.1) is 0 Å². The van der Waals surface area contributed by atoms with E-state index in [1.807, 2.05) is 0 Å². The van der Waals surface area contributed by atoms with Gasteiger partial charge in [0.15, 0.2) is 0 Å². The van der Waals surface area contributed by atoms with Gasteiger partial charge in [0.2, 0.25) is 0 Å². The monoisotopic (exact) mass is 464 g/mol. The highest BCUT2D eigenvalue weighted by molar-refractivity contribution is 5.91. The van der Waals surface area contributed by atoms with Crippen LogP contribution in [0.1, 0.15) is 59.2 Å². The van der Waals surface area contributed by atoms with Gasteiger partial charge >= 0.3 is 23.9 Å². The lowest BCUT2D eigenvalue weighted by Crippen LogP contribution is -2.00. The molecule has 0 bridgehead atoms. The molecule has 0 aliphatic heterocycles. The van der Waals surface area contributed by atoms with E-state index < -0.39 is 23.9 Å². The van der Waals surface area contributed by atoms with Gasteiger partial charge < -0.3 is 40.9 Å². The Hall–Kier alpha value is -3.06. The molecule has 0 saturated carbocycles. The number of carbonyl (C=O) groups is 4. The van der Waals surface area contributed by atoms with Crippen LogP contribution >= 0.6 is 0 Å². The maximum atomic E-state index is 10.3. The van der Waals surface area contributed by atoms with Crippen LogP contribution in [0.5, 0.6) is 0 Å². The van der Waals surface area contributed by atoms with Crippen molar-refractivity contribution in [3.8, 4) is 0 Å². The number of carboxylic acids is 4. The lowest BCUT2D eigenvalue weighted by atomic mass is 10.1. The number of carboxylic acid groups (broad SMARTS) is 4.